The van der Waals surface area contributed by atoms with Crippen molar-refractivity contribution in [3.63, 3.8) is 0 Å². The number of methoxy groups -OCH3 is 2. The molecule has 0 aliphatic heterocycles. The monoisotopic (exact) mass is 299 g/mol. The first kappa shape index (κ1) is 15.4. The summed E-state index contributed by atoms with van der Waals surface area (Å²) in [5.74, 6) is 0.740. The molecule has 114 valence electrons. The fraction of sp³-hybridized carbons (Fsp3) is 0.118. The van der Waals surface area contributed by atoms with Crippen molar-refractivity contribution < 1.29 is 19.4 Å². The summed E-state index contributed by atoms with van der Waals surface area (Å²) in [6.45, 7) is 0. The number of ketones is 1. The van der Waals surface area contributed by atoms with Gasteiger partial charge in [-0.3, -0.25) is 4.79 Å². The highest BCUT2D eigenvalue weighted by molar-refractivity contribution is 6.08. The third kappa shape index (κ3) is 3.38. The number of carbonyl (C=O) groups excluding carboxylic acids is 1. The summed E-state index contributed by atoms with van der Waals surface area (Å²) >= 11 is 0. The van der Waals surface area contributed by atoms with Crippen LogP contribution in [0.1, 0.15) is 15.9 Å². The number of phenols is 1. The lowest BCUT2D eigenvalue weighted by molar-refractivity contribution is 0.104. The Morgan fingerprint density at radius 2 is 1.82 bits per heavy atom. The van der Waals surface area contributed by atoms with Crippen LogP contribution in [0.4, 0.5) is 5.69 Å². The second-order valence-corrected chi connectivity index (χ2v) is 4.59. The molecule has 0 atom stereocenters. The highest BCUT2D eigenvalue weighted by atomic mass is 16.5. The predicted molar refractivity (Wildman–Crippen MR) is 85.4 cm³/mol. The Hall–Kier alpha value is -2.95. The number of benzene rings is 2. The van der Waals surface area contributed by atoms with Gasteiger partial charge in [-0.25, -0.2) is 0 Å². The molecule has 0 fully saturated rings. The van der Waals surface area contributed by atoms with Crippen molar-refractivity contribution in [2.75, 3.05) is 20.0 Å². The average Bonchev–Trinajstić information content (AvgIpc) is 2.52. The van der Waals surface area contributed by atoms with Crippen LogP contribution < -0.4 is 15.2 Å². The van der Waals surface area contributed by atoms with Gasteiger partial charge >= 0.3 is 0 Å². The minimum Gasteiger partial charge on any atom is -0.507 e. The number of rotatable bonds is 5. The van der Waals surface area contributed by atoms with E-state index in [0.29, 0.717) is 17.2 Å². The molecule has 2 aromatic carbocycles. The maximum Gasteiger partial charge on any atom is 0.189 e. The largest absolute Gasteiger partial charge is 0.507 e. The molecule has 5 heteroatoms. The number of aromatic hydroxyl groups is 1. The molecule has 0 unspecified atom stereocenters. The van der Waals surface area contributed by atoms with Crippen LogP contribution in [0, 0.1) is 0 Å². The lowest BCUT2D eigenvalue weighted by atomic mass is 10.1. The van der Waals surface area contributed by atoms with Crippen LogP contribution >= 0.6 is 0 Å². The summed E-state index contributed by atoms with van der Waals surface area (Å²) < 4.78 is 10.4. The van der Waals surface area contributed by atoms with Crippen LogP contribution in [-0.4, -0.2) is 25.1 Å². The van der Waals surface area contributed by atoms with Gasteiger partial charge in [0.05, 0.1) is 19.8 Å². The number of carbonyl (C=O) groups is 1. The fourth-order valence-corrected chi connectivity index (χ4v) is 1.98. The van der Waals surface area contributed by atoms with Crippen LogP contribution in [0.15, 0.2) is 42.5 Å². The van der Waals surface area contributed by atoms with E-state index in [9.17, 15) is 9.90 Å². The molecule has 0 saturated carbocycles. The predicted octanol–water partition coefficient (Wildman–Crippen LogP) is 2.89. The first-order chi connectivity index (χ1) is 10.5. The topological polar surface area (TPSA) is 81.8 Å². The molecule has 0 aliphatic carbocycles. The van der Waals surface area contributed by atoms with E-state index in [4.69, 9.17) is 15.2 Å². The van der Waals surface area contributed by atoms with Crippen LogP contribution in [0.3, 0.4) is 0 Å². The van der Waals surface area contributed by atoms with Gasteiger partial charge in [-0.2, -0.15) is 0 Å². The number of hydrogen-bond donors (Lipinski definition) is 2. The van der Waals surface area contributed by atoms with Crippen molar-refractivity contribution in [2.24, 2.45) is 0 Å². The Morgan fingerprint density at radius 3 is 2.45 bits per heavy atom. The van der Waals surface area contributed by atoms with E-state index in [1.807, 2.05) is 0 Å². The molecule has 3 N–H and O–H groups in total. The number of phenolic OH excluding ortho intramolecular Hbond substituents is 1. The molecular weight excluding hydrogens is 282 g/mol. The highest BCUT2D eigenvalue weighted by Crippen LogP contribution is 2.28. The Bertz CT molecular complexity index is 723. The molecule has 0 bridgehead atoms. The van der Waals surface area contributed by atoms with E-state index < -0.39 is 0 Å². The molecule has 2 aromatic rings. The molecule has 0 heterocycles. The van der Waals surface area contributed by atoms with Crippen LogP contribution in [0.25, 0.3) is 6.08 Å². The van der Waals surface area contributed by atoms with Gasteiger partial charge in [0.25, 0.3) is 0 Å². The molecule has 0 saturated heterocycles. The van der Waals surface area contributed by atoms with Crippen molar-refractivity contribution >= 4 is 17.5 Å². The van der Waals surface area contributed by atoms with E-state index in [0.717, 1.165) is 5.56 Å². The molecule has 2 rings (SSSR count). The first-order valence-electron chi connectivity index (χ1n) is 6.58. The second kappa shape index (κ2) is 6.67. The minimum absolute atomic E-state index is 0.137. The molecule has 0 spiro atoms. The smallest absolute Gasteiger partial charge is 0.189 e. The molecule has 22 heavy (non-hydrogen) atoms. The van der Waals surface area contributed by atoms with E-state index in [1.165, 1.54) is 18.2 Å². The second-order valence-electron chi connectivity index (χ2n) is 4.59. The Kier molecular flexibility index (Phi) is 4.68. The summed E-state index contributed by atoms with van der Waals surface area (Å²) in [6.07, 6.45) is 3.02. The molecule has 0 aliphatic rings. The standard InChI is InChI=1S/C17H17NO4/c1-21-16-8-4-11(9-17(16)22-2)3-7-14(19)13-6-5-12(18)10-15(13)20/h3-10,20H,18H2,1-2H3/b7-3+. The zero-order valence-corrected chi connectivity index (χ0v) is 12.4. The third-order valence-corrected chi connectivity index (χ3v) is 3.12. The van der Waals surface area contributed by atoms with E-state index in [1.54, 1.807) is 44.6 Å². The number of nitrogens with two attached hydrogens (primary N) is 1. The zero-order chi connectivity index (χ0) is 16.1. The Labute approximate surface area is 128 Å². The third-order valence-electron chi connectivity index (χ3n) is 3.12. The van der Waals surface area contributed by atoms with Crippen molar-refractivity contribution in [3.05, 3.63) is 53.6 Å². The highest BCUT2D eigenvalue weighted by Gasteiger charge is 2.08. The van der Waals surface area contributed by atoms with Gasteiger partial charge in [0, 0.05) is 11.8 Å². The maximum absolute atomic E-state index is 12.1. The molecule has 0 amide bonds. The average molecular weight is 299 g/mol. The molecule has 5 nitrogen and oxygen atoms in total. The van der Waals surface area contributed by atoms with Crippen LogP contribution in [-0.2, 0) is 0 Å². The van der Waals surface area contributed by atoms with E-state index in [2.05, 4.69) is 0 Å². The fourth-order valence-electron chi connectivity index (χ4n) is 1.98. The number of nitrogen functional groups attached to an aromatic ring is 1. The molecule has 0 aromatic heterocycles. The van der Waals surface area contributed by atoms with Crippen molar-refractivity contribution in [1.29, 1.82) is 0 Å². The van der Waals surface area contributed by atoms with Gasteiger partial charge in [0.1, 0.15) is 5.75 Å². The Morgan fingerprint density at radius 1 is 1.09 bits per heavy atom. The van der Waals surface area contributed by atoms with Crippen LogP contribution in [0.2, 0.25) is 0 Å². The van der Waals surface area contributed by atoms with Gasteiger partial charge < -0.3 is 20.3 Å². The minimum atomic E-state index is -0.313. The van der Waals surface area contributed by atoms with Gasteiger partial charge in [-0.05, 0) is 35.9 Å². The van der Waals surface area contributed by atoms with Gasteiger partial charge in [0.15, 0.2) is 17.3 Å². The van der Waals surface area contributed by atoms with Crippen molar-refractivity contribution in [3.8, 4) is 17.2 Å². The zero-order valence-electron chi connectivity index (χ0n) is 12.4. The Balaban J connectivity index is 2.22. The van der Waals surface area contributed by atoms with E-state index >= 15 is 0 Å². The van der Waals surface area contributed by atoms with E-state index in [-0.39, 0.29) is 17.1 Å². The van der Waals surface area contributed by atoms with Crippen molar-refractivity contribution in [2.45, 2.75) is 0 Å². The summed E-state index contributed by atoms with van der Waals surface area (Å²) in [6, 6.07) is 9.71. The maximum atomic E-state index is 12.1. The quantitative estimate of drug-likeness (QED) is 0.504. The number of ether oxygens (including phenoxy) is 2. The summed E-state index contributed by atoms with van der Waals surface area (Å²) in [5, 5.41) is 9.74. The van der Waals surface area contributed by atoms with Crippen molar-refractivity contribution in [1.82, 2.24) is 0 Å². The number of hydrogen-bond acceptors (Lipinski definition) is 5. The van der Waals surface area contributed by atoms with Crippen LogP contribution in [0.5, 0.6) is 17.2 Å². The normalized spacial score (nSPS) is 10.6. The molecule has 0 radical (unpaired) electrons. The first-order valence-corrected chi connectivity index (χ1v) is 6.58. The number of anilines is 1. The summed E-state index contributed by atoms with van der Waals surface area (Å²) in [7, 11) is 3.10. The SMILES string of the molecule is COc1ccc(/C=C/C(=O)c2ccc(N)cc2O)cc1OC. The lowest BCUT2D eigenvalue weighted by Gasteiger charge is -2.07. The van der Waals surface area contributed by atoms with Gasteiger partial charge in [-0.15, -0.1) is 0 Å². The summed E-state index contributed by atoms with van der Waals surface area (Å²) in [4.78, 5) is 12.1. The summed E-state index contributed by atoms with van der Waals surface area (Å²) in [5.41, 5.74) is 6.92. The van der Waals surface area contributed by atoms with Gasteiger partial charge in [0.2, 0.25) is 0 Å². The molecular formula is C17H17NO4. The lowest BCUT2D eigenvalue weighted by Crippen LogP contribution is -1.96. The van der Waals surface area contributed by atoms with Gasteiger partial charge in [-0.1, -0.05) is 12.1 Å². The number of allylic oxidation sites excluding steroid dienone is 1.